The second-order valence-corrected chi connectivity index (χ2v) is 6.44. The van der Waals surface area contributed by atoms with Crippen LogP contribution in [0, 0.1) is 5.92 Å². The standard InChI is InChI=1S/C18H28N2O3/c1-20(12-15-7-3-4-9-17(15)21)13-18(22)19-11-14-6-5-8-16(10-14)23-2/h5-6,8,10,15,17,21H,3-4,7,9,11-13H2,1-2H3,(H,19,22). The number of nitrogens with zero attached hydrogens (tertiary/aromatic N) is 1. The molecule has 0 aromatic heterocycles. The number of amides is 1. The van der Waals surface area contributed by atoms with E-state index in [4.69, 9.17) is 4.74 Å². The summed E-state index contributed by atoms with van der Waals surface area (Å²) in [6.07, 6.45) is 4.02. The SMILES string of the molecule is COc1cccc(CNC(=O)CN(C)CC2CCCCC2O)c1. The first-order valence-electron chi connectivity index (χ1n) is 8.34. The van der Waals surface area contributed by atoms with Gasteiger partial charge in [0.1, 0.15) is 5.75 Å². The molecule has 0 spiro atoms. The molecule has 23 heavy (non-hydrogen) atoms. The van der Waals surface area contributed by atoms with Crippen molar-refractivity contribution in [1.29, 1.82) is 0 Å². The summed E-state index contributed by atoms with van der Waals surface area (Å²) < 4.78 is 5.18. The molecule has 1 aromatic rings. The lowest BCUT2D eigenvalue weighted by Crippen LogP contribution is -2.40. The van der Waals surface area contributed by atoms with E-state index in [0.29, 0.717) is 19.0 Å². The fraction of sp³-hybridized carbons (Fsp3) is 0.611. The van der Waals surface area contributed by atoms with Crippen LogP contribution < -0.4 is 10.1 Å². The summed E-state index contributed by atoms with van der Waals surface area (Å²) >= 11 is 0. The lowest BCUT2D eigenvalue weighted by molar-refractivity contribution is -0.122. The summed E-state index contributed by atoms with van der Waals surface area (Å²) in [5.74, 6) is 1.08. The van der Waals surface area contributed by atoms with Gasteiger partial charge in [-0.2, -0.15) is 0 Å². The fourth-order valence-corrected chi connectivity index (χ4v) is 3.15. The van der Waals surface area contributed by atoms with Crippen LogP contribution in [-0.4, -0.2) is 49.3 Å². The quantitative estimate of drug-likeness (QED) is 0.804. The van der Waals surface area contributed by atoms with E-state index in [9.17, 15) is 9.90 Å². The van der Waals surface area contributed by atoms with E-state index in [2.05, 4.69) is 5.32 Å². The Hall–Kier alpha value is -1.59. The highest BCUT2D eigenvalue weighted by Crippen LogP contribution is 2.24. The van der Waals surface area contributed by atoms with Crippen LogP contribution in [0.5, 0.6) is 5.75 Å². The summed E-state index contributed by atoms with van der Waals surface area (Å²) in [4.78, 5) is 14.1. The van der Waals surface area contributed by atoms with Crippen molar-refractivity contribution in [2.75, 3.05) is 27.2 Å². The number of likely N-dealkylation sites (N-methyl/N-ethyl adjacent to an activating group) is 1. The molecule has 5 nitrogen and oxygen atoms in total. The molecule has 0 bridgehead atoms. The van der Waals surface area contributed by atoms with E-state index in [1.807, 2.05) is 36.2 Å². The van der Waals surface area contributed by atoms with Crippen molar-refractivity contribution in [3.05, 3.63) is 29.8 Å². The van der Waals surface area contributed by atoms with Crippen molar-refractivity contribution >= 4 is 5.91 Å². The Morgan fingerprint density at radius 3 is 2.91 bits per heavy atom. The summed E-state index contributed by atoms with van der Waals surface area (Å²) in [7, 11) is 3.57. The summed E-state index contributed by atoms with van der Waals surface area (Å²) in [6.45, 7) is 1.62. The molecule has 2 atom stereocenters. The summed E-state index contributed by atoms with van der Waals surface area (Å²) in [5, 5.41) is 12.9. The van der Waals surface area contributed by atoms with Crippen molar-refractivity contribution in [1.82, 2.24) is 10.2 Å². The lowest BCUT2D eigenvalue weighted by atomic mass is 9.86. The van der Waals surface area contributed by atoms with Crippen LogP contribution in [0.1, 0.15) is 31.2 Å². The first-order valence-corrected chi connectivity index (χ1v) is 8.34. The number of benzene rings is 1. The Morgan fingerprint density at radius 1 is 1.39 bits per heavy atom. The molecule has 0 radical (unpaired) electrons. The van der Waals surface area contributed by atoms with Crippen LogP contribution in [0.25, 0.3) is 0 Å². The zero-order chi connectivity index (χ0) is 16.7. The molecular weight excluding hydrogens is 292 g/mol. The van der Waals surface area contributed by atoms with Crippen LogP contribution in [0.3, 0.4) is 0 Å². The zero-order valence-corrected chi connectivity index (χ0v) is 14.1. The number of carbonyl (C=O) groups is 1. The van der Waals surface area contributed by atoms with Gasteiger partial charge in [-0.25, -0.2) is 0 Å². The van der Waals surface area contributed by atoms with Crippen LogP contribution in [0.2, 0.25) is 0 Å². The van der Waals surface area contributed by atoms with Gasteiger partial charge in [0.15, 0.2) is 0 Å². The van der Waals surface area contributed by atoms with E-state index in [1.165, 1.54) is 6.42 Å². The molecule has 2 unspecified atom stereocenters. The minimum Gasteiger partial charge on any atom is -0.497 e. The van der Waals surface area contributed by atoms with Crippen molar-refractivity contribution in [3.8, 4) is 5.75 Å². The first kappa shape index (κ1) is 17.8. The van der Waals surface area contributed by atoms with Gasteiger partial charge < -0.3 is 15.2 Å². The monoisotopic (exact) mass is 320 g/mol. The van der Waals surface area contributed by atoms with Gasteiger partial charge >= 0.3 is 0 Å². The largest absolute Gasteiger partial charge is 0.497 e. The minimum atomic E-state index is -0.217. The van der Waals surface area contributed by atoms with Crippen LogP contribution in [0.4, 0.5) is 0 Å². The zero-order valence-electron chi connectivity index (χ0n) is 14.1. The van der Waals surface area contributed by atoms with Gasteiger partial charge in [-0.15, -0.1) is 0 Å². The smallest absolute Gasteiger partial charge is 0.234 e. The number of aliphatic hydroxyl groups is 1. The molecule has 5 heteroatoms. The van der Waals surface area contributed by atoms with Gasteiger partial charge in [0, 0.05) is 13.1 Å². The fourth-order valence-electron chi connectivity index (χ4n) is 3.15. The third kappa shape index (κ3) is 5.84. The molecule has 1 amide bonds. The van der Waals surface area contributed by atoms with Crippen LogP contribution in [0.15, 0.2) is 24.3 Å². The third-order valence-electron chi connectivity index (χ3n) is 4.45. The molecule has 0 aliphatic heterocycles. The van der Waals surface area contributed by atoms with E-state index in [0.717, 1.165) is 37.1 Å². The minimum absolute atomic E-state index is 0.000573. The van der Waals surface area contributed by atoms with E-state index in [1.54, 1.807) is 7.11 Å². The number of hydrogen-bond donors (Lipinski definition) is 2. The van der Waals surface area contributed by atoms with Crippen molar-refractivity contribution < 1.29 is 14.6 Å². The van der Waals surface area contributed by atoms with E-state index in [-0.39, 0.29) is 12.0 Å². The van der Waals surface area contributed by atoms with Crippen molar-refractivity contribution in [2.45, 2.75) is 38.3 Å². The molecule has 1 saturated carbocycles. The number of nitrogens with one attached hydrogen (secondary N) is 1. The second kappa shape index (κ2) is 8.89. The maximum atomic E-state index is 12.1. The number of aliphatic hydroxyl groups excluding tert-OH is 1. The number of methoxy groups -OCH3 is 1. The highest BCUT2D eigenvalue weighted by atomic mass is 16.5. The molecule has 128 valence electrons. The topological polar surface area (TPSA) is 61.8 Å². The molecule has 1 aliphatic carbocycles. The molecular formula is C18H28N2O3. The number of ether oxygens (including phenoxy) is 1. The van der Waals surface area contributed by atoms with Crippen molar-refractivity contribution in [2.24, 2.45) is 5.92 Å². The average Bonchev–Trinajstić information content (AvgIpc) is 2.55. The molecule has 1 aromatic carbocycles. The van der Waals surface area contributed by atoms with Gasteiger partial charge in [0.05, 0.1) is 19.8 Å². The van der Waals surface area contributed by atoms with Gasteiger partial charge in [0.2, 0.25) is 5.91 Å². The number of carbonyl (C=O) groups excluding carboxylic acids is 1. The normalized spacial score (nSPS) is 21.2. The van der Waals surface area contributed by atoms with Gasteiger partial charge in [-0.1, -0.05) is 25.0 Å². The Bertz CT molecular complexity index is 507. The highest BCUT2D eigenvalue weighted by Gasteiger charge is 2.24. The van der Waals surface area contributed by atoms with E-state index >= 15 is 0 Å². The van der Waals surface area contributed by atoms with E-state index < -0.39 is 0 Å². The molecule has 0 saturated heterocycles. The maximum Gasteiger partial charge on any atom is 0.234 e. The number of rotatable bonds is 7. The average molecular weight is 320 g/mol. The molecule has 2 N–H and O–H groups in total. The molecule has 0 heterocycles. The Balaban J connectivity index is 1.73. The molecule has 1 fully saturated rings. The molecule has 1 aliphatic rings. The predicted molar refractivity (Wildman–Crippen MR) is 90.3 cm³/mol. The Labute approximate surface area is 138 Å². The van der Waals surface area contributed by atoms with Crippen LogP contribution in [-0.2, 0) is 11.3 Å². The lowest BCUT2D eigenvalue weighted by Gasteiger charge is -2.30. The van der Waals surface area contributed by atoms with Crippen LogP contribution >= 0.6 is 0 Å². The second-order valence-electron chi connectivity index (χ2n) is 6.44. The highest BCUT2D eigenvalue weighted by molar-refractivity contribution is 5.77. The van der Waals surface area contributed by atoms with Crippen molar-refractivity contribution in [3.63, 3.8) is 0 Å². The third-order valence-corrected chi connectivity index (χ3v) is 4.45. The Kier molecular flexibility index (Phi) is 6.86. The summed E-state index contributed by atoms with van der Waals surface area (Å²) in [6, 6.07) is 7.68. The molecule has 2 rings (SSSR count). The maximum absolute atomic E-state index is 12.1. The first-order chi connectivity index (χ1) is 11.1. The predicted octanol–water partition coefficient (Wildman–Crippen LogP) is 1.79. The van der Waals surface area contributed by atoms with Gasteiger partial charge in [-0.3, -0.25) is 9.69 Å². The van der Waals surface area contributed by atoms with Gasteiger partial charge in [-0.05, 0) is 43.5 Å². The van der Waals surface area contributed by atoms with Gasteiger partial charge in [0.25, 0.3) is 0 Å². The summed E-state index contributed by atoms with van der Waals surface area (Å²) in [5.41, 5.74) is 1.02. The Morgan fingerprint density at radius 2 is 2.17 bits per heavy atom. The number of hydrogen-bond acceptors (Lipinski definition) is 4.